The van der Waals surface area contributed by atoms with Gasteiger partial charge < -0.3 is 10.6 Å². The fourth-order valence-electron chi connectivity index (χ4n) is 2.95. The molecule has 3 rings (SSSR count). The van der Waals surface area contributed by atoms with E-state index in [1.165, 1.54) is 18.1 Å². The van der Waals surface area contributed by atoms with Gasteiger partial charge in [0.25, 0.3) is 5.91 Å². The minimum absolute atomic E-state index is 0.0576. The van der Waals surface area contributed by atoms with Gasteiger partial charge in [0.05, 0.1) is 6.04 Å². The molecule has 0 fully saturated rings. The maximum absolute atomic E-state index is 12.4. The van der Waals surface area contributed by atoms with Crippen molar-refractivity contribution in [3.63, 3.8) is 0 Å². The Labute approximate surface area is 135 Å². The van der Waals surface area contributed by atoms with Gasteiger partial charge in [-0.25, -0.2) is 0 Å². The first-order valence-corrected chi connectivity index (χ1v) is 7.85. The maximum atomic E-state index is 12.4. The number of carbonyl (C=O) groups excluding carboxylic acids is 2. The molecule has 0 bridgehead atoms. The lowest BCUT2D eigenvalue weighted by Crippen LogP contribution is -2.27. The molecule has 4 heteroatoms. The van der Waals surface area contributed by atoms with E-state index in [9.17, 15) is 9.59 Å². The summed E-state index contributed by atoms with van der Waals surface area (Å²) in [6.07, 6.45) is 1.96. The van der Waals surface area contributed by atoms with E-state index in [0.29, 0.717) is 12.1 Å². The van der Waals surface area contributed by atoms with Crippen LogP contribution < -0.4 is 10.6 Å². The summed E-state index contributed by atoms with van der Waals surface area (Å²) in [7, 11) is 0. The van der Waals surface area contributed by atoms with Gasteiger partial charge in [-0.15, -0.1) is 0 Å². The monoisotopic (exact) mass is 308 g/mol. The third-order valence-corrected chi connectivity index (χ3v) is 4.20. The Morgan fingerprint density at radius 2 is 1.83 bits per heavy atom. The third kappa shape index (κ3) is 3.59. The van der Waals surface area contributed by atoms with Gasteiger partial charge >= 0.3 is 0 Å². The summed E-state index contributed by atoms with van der Waals surface area (Å²) in [6, 6.07) is 15.7. The molecule has 2 N–H and O–H groups in total. The molecule has 23 heavy (non-hydrogen) atoms. The Morgan fingerprint density at radius 3 is 2.57 bits per heavy atom. The summed E-state index contributed by atoms with van der Waals surface area (Å²) in [4.78, 5) is 23.3. The predicted octanol–water partition coefficient (Wildman–Crippen LogP) is 2.74. The first kappa shape index (κ1) is 15.3. The van der Waals surface area contributed by atoms with Crippen molar-refractivity contribution in [3.8, 4) is 0 Å². The molecule has 2 aromatic carbocycles. The quantitative estimate of drug-likeness (QED) is 0.912. The Hall–Kier alpha value is -2.62. The second-order valence-corrected chi connectivity index (χ2v) is 5.87. The van der Waals surface area contributed by atoms with Crippen LogP contribution >= 0.6 is 0 Å². The van der Waals surface area contributed by atoms with Crippen LogP contribution in [-0.2, 0) is 17.8 Å². The van der Waals surface area contributed by atoms with E-state index in [2.05, 4.69) is 22.8 Å². The molecule has 0 heterocycles. The van der Waals surface area contributed by atoms with Crippen LogP contribution in [0, 0.1) is 0 Å². The number of aryl methyl sites for hydroxylation is 1. The van der Waals surface area contributed by atoms with Gasteiger partial charge in [-0.3, -0.25) is 9.59 Å². The zero-order valence-corrected chi connectivity index (χ0v) is 13.1. The van der Waals surface area contributed by atoms with E-state index < -0.39 is 0 Å². The molecule has 2 amide bonds. The molecule has 0 saturated carbocycles. The largest absolute Gasteiger partial charge is 0.352 e. The minimum Gasteiger partial charge on any atom is -0.352 e. The number of hydrogen-bond acceptors (Lipinski definition) is 2. The lowest BCUT2D eigenvalue weighted by Gasteiger charge is -2.14. The van der Waals surface area contributed by atoms with Crippen LogP contribution in [0.2, 0.25) is 0 Å². The van der Waals surface area contributed by atoms with Crippen LogP contribution in [0.15, 0.2) is 48.5 Å². The minimum atomic E-state index is -0.0632. The van der Waals surface area contributed by atoms with E-state index in [4.69, 9.17) is 0 Å². The molecule has 1 aliphatic carbocycles. The normalized spacial score (nSPS) is 15.8. The molecule has 0 aliphatic heterocycles. The van der Waals surface area contributed by atoms with E-state index in [0.717, 1.165) is 18.4 Å². The molecule has 0 spiro atoms. The highest BCUT2D eigenvalue weighted by molar-refractivity contribution is 5.94. The molecule has 1 atom stereocenters. The number of fused-ring (bicyclic) bond motifs is 1. The Bertz CT molecular complexity index is 722. The van der Waals surface area contributed by atoms with Crippen molar-refractivity contribution in [1.29, 1.82) is 0 Å². The van der Waals surface area contributed by atoms with E-state index in [1.807, 2.05) is 24.3 Å². The van der Waals surface area contributed by atoms with Gasteiger partial charge in [0.2, 0.25) is 5.91 Å². The number of amides is 2. The molecule has 0 saturated heterocycles. The predicted molar refractivity (Wildman–Crippen MR) is 88.9 cm³/mol. The second-order valence-electron chi connectivity index (χ2n) is 5.87. The highest BCUT2D eigenvalue weighted by Gasteiger charge is 2.23. The molecule has 0 aromatic heterocycles. The van der Waals surface area contributed by atoms with Crippen molar-refractivity contribution in [2.24, 2.45) is 0 Å². The SMILES string of the molecule is CC(=O)NCc1ccc(C(=O)NC2CCc3ccccc32)cc1. The smallest absolute Gasteiger partial charge is 0.251 e. The zero-order chi connectivity index (χ0) is 16.2. The number of carbonyl (C=O) groups is 2. The fourth-order valence-corrected chi connectivity index (χ4v) is 2.95. The molecule has 0 radical (unpaired) electrons. The standard InChI is InChI=1S/C19H20N2O2/c1-13(22)20-12-14-6-8-16(9-7-14)19(23)21-18-11-10-15-4-2-3-5-17(15)18/h2-9,18H,10-12H2,1H3,(H,20,22)(H,21,23). The first-order chi connectivity index (χ1) is 11.1. The van der Waals surface area contributed by atoms with E-state index in [1.54, 1.807) is 12.1 Å². The third-order valence-electron chi connectivity index (χ3n) is 4.20. The summed E-state index contributed by atoms with van der Waals surface area (Å²) >= 11 is 0. The van der Waals surface area contributed by atoms with Crippen molar-refractivity contribution in [1.82, 2.24) is 10.6 Å². The fraction of sp³-hybridized carbons (Fsp3) is 0.263. The molecule has 2 aromatic rings. The van der Waals surface area contributed by atoms with Crippen LogP contribution in [-0.4, -0.2) is 11.8 Å². The van der Waals surface area contributed by atoms with Gasteiger partial charge in [-0.1, -0.05) is 36.4 Å². The number of rotatable bonds is 4. The van der Waals surface area contributed by atoms with Crippen molar-refractivity contribution in [3.05, 3.63) is 70.8 Å². The summed E-state index contributed by atoms with van der Waals surface area (Å²) in [5.74, 6) is -0.121. The van der Waals surface area contributed by atoms with Crippen LogP contribution in [0.1, 0.15) is 46.4 Å². The van der Waals surface area contributed by atoms with E-state index in [-0.39, 0.29) is 17.9 Å². The van der Waals surface area contributed by atoms with Crippen molar-refractivity contribution in [2.75, 3.05) is 0 Å². The summed E-state index contributed by atoms with van der Waals surface area (Å²) in [5.41, 5.74) is 4.16. The van der Waals surface area contributed by atoms with Crippen LogP contribution in [0.4, 0.5) is 0 Å². The van der Waals surface area contributed by atoms with Crippen molar-refractivity contribution < 1.29 is 9.59 Å². The average molecular weight is 308 g/mol. The lowest BCUT2D eigenvalue weighted by molar-refractivity contribution is -0.119. The first-order valence-electron chi connectivity index (χ1n) is 7.85. The Kier molecular flexibility index (Phi) is 4.42. The van der Waals surface area contributed by atoms with Crippen molar-refractivity contribution >= 4 is 11.8 Å². The van der Waals surface area contributed by atoms with Crippen LogP contribution in [0.25, 0.3) is 0 Å². The number of hydrogen-bond donors (Lipinski definition) is 2. The maximum Gasteiger partial charge on any atom is 0.251 e. The molecule has 1 aliphatic rings. The Balaban J connectivity index is 1.64. The molecule has 4 nitrogen and oxygen atoms in total. The lowest BCUT2D eigenvalue weighted by atomic mass is 10.1. The second kappa shape index (κ2) is 6.65. The molecule has 1 unspecified atom stereocenters. The molecular formula is C19H20N2O2. The topological polar surface area (TPSA) is 58.2 Å². The van der Waals surface area contributed by atoms with E-state index >= 15 is 0 Å². The zero-order valence-electron chi connectivity index (χ0n) is 13.1. The van der Waals surface area contributed by atoms with Crippen molar-refractivity contribution in [2.45, 2.75) is 32.4 Å². The van der Waals surface area contributed by atoms with Gasteiger partial charge in [0.15, 0.2) is 0 Å². The number of benzene rings is 2. The number of nitrogens with one attached hydrogen (secondary N) is 2. The van der Waals surface area contributed by atoms with Crippen LogP contribution in [0.5, 0.6) is 0 Å². The highest BCUT2D eigenvalue weighted by atomic mass is 16.2. The Morgan fingerprint density at radius 1 is 1.09 bits per heavy atom. The average Bonchev–Trinajstić information content (AvgIpc) is 2.96. The van der Waals surface area contributed by atoms with Gasteiger partial charge in [-0.2, -0.15) is 0 Å². The summed E-state index contributed by atoms with van der Waals surface area (Å²) in [5, 5.41) is 5.85. The van der Waals surface area contributed by atoms with Gasteiger partial charge in [-0.05, 0) is 41.7 Å². The van der Waals surface area contributed by atoms with Gasteiger partial charge in [0, 0.05) is 19.0 Å². The summed E-state index contributed by atoms with van der Waals surface area (Å²) < 4.78 is 0. The van der Waals surface area contributed by atoms with Crippen LogP contribution in [0.3, 0.4) is 0 Å². The highest BCUT2D eigenvalue weighted by Crippen LogP contribution is 2.30. The molecule has 118 valence electrons. The van der Waals surface area contributed by atoms with Gasteiger partial charge in [0.1, 0.15) is 0 Å². The summed E-state index contributed by atoms with van der Waals surface area (Å²) in [6.45, 7) is 1.97. The molecular weight excluding hydrogens is 288 g/mol.